The van der Waals surface area contributed by atoms with E-state index in [1.165, 1.54) is 30.4 Å². The van der Waals surface area contributed by atoms with Gasteiger partial charge in [0.1, 0.15) is 5.75 Å². The van der Waals surface area contributed by atoms with Crippen LogP contribution in [0.2, 0.25) is 0 Å². The molecule has 0 saturated carbocycles. The van der Waals surface area contributed by atoms with Gasteiger partial charge in [-0.25, -0.2) is 9.59 Å². The summed E-state index contributed by atoms with van der Waals surface area (Å²) in [6.07, 6.45) is -10.2. The average Bonchev–Trinajstić information content (AvgIpc) is 2.67. The number of anilines is 1. The molecule has 0 heterocycles. The highest BCUT2D eigenvalue weighted by Gasteiger charge is 2.66. The molecule has 0 aliphatic carbocycles. The third-order valence-electron chi connectivity index (χ3n) is 3.71. The number of carbonyl (C=O) groups excluding carboxylic acids is 2. The Balaban J connectivity index is 2.38. The van der Waals surface area contributed by atoms with Gasteiger partial charge in [0.05, 0.1) is 12.2 Å². The summed E-state index contributed by atoms with van der Waals surface area (Å²) in [5.74, 6) is -2.39. The van der Waals surface area contributed by atoms with Gasteiger partial charge in [0.2, 0.25) is 0 Å². The molecule has 0 aliphatic heterocycles. The number of nitrogens with one attached hydrogen (secondary N) is 2. The number of carbonyl (C=O) groups is 2. The Kier molecular flexibility index (Phi) is 7.03. The summed E-state index contributed by atoms with van der Waals surface area (Å²) in [4.78, 5) is 24.5. The van der Waals surface area contributed by atoms with Crippen molar-refractivity contribution in [3.8, 4) is 5.75 Å². The summed E-state index contributed by atoms with van der Waals surface area (Å²) in [7, 11) is 0. The molecule has 0 bridgehead atoms. The number of urea groups is 1. The number of amides is 2. The van der Waals surface area contributed by atoms with E-state index in [0.717, 1.165) is 24.3 Å². The van der Waals surface area contributed by atoms with Crippen LogP contribution < -0.4 is 15.4 Å². The van der Waals surface area contributed by atoms with Gasteiger partial charge in [0, 0.05) is 5.69 Å². The predicted octanol–water partition coefficient (Wildman–Crippen LogP) is 4.73. The number of hydrogen-bond donors (Lipinski definition) is 2. The predicted molar refractivity (Wildman–Crippen MR) is 96.1 cm³/mol. The van der Waals surface area contributed by atoms with Crippen LogP contribution in [0, 0.1) is 0 Å². The lowest BCUT2D eigenvalue weighted by Gasteiger charge is -2.33. The van der Waals surface area contributed by atoms with Crippen LogP contribution in [0.4, 0.5) is 36.8 Å². The molecular weight excluding hydrogens is 434 g/mol. The molecule has 0 spiro atoms. The maximum absolute atomic E-state index is 13.9. The summed E-state index contributed by atoms with van der Waals surface area (Å²) < 4.78 is 89.5. The number of esters is 1. The molecule has 168 valence electrons. The van der Waals surface area contributed by atoms with Crippen molar-refractivity contribution in [3.05, 3.63) is 60.2 Å². The number of para-hydroxylation sites is 1. The highest BCUT2D eigenvalue weighted by molar-refractivity contribution is 5.94. The summed E-state index contributed by atoms with van der Waals surface area (Å²) >= 11 is 0. The van der Waals surface area contributed by atoms with Crippen molar-refractivity contribution in [1.82, 2.24) is 5.32 Å². The Morgan fingerprint density at radius 1 is 0.935 bits per heavy atom. The molecule has 0 aromatic heterocycles. The van der Waals surface area contributed by atoms with Gasteiger partial charge in [-0.3, -0.25) is 5.32 Å². The van der Waals surface area contributed by atoms with Crippen molar-refractivity contribution in [3.63, 3.8) is 0 Å². The van der Waals surface area contributed by atoms with E-state index in [1.54, 1.807) is 0 Å². The molecule has 2 amide bonds. The minimum absolute atomic E-state index is 0.424. The number of benzene rings is 2. The largest absolute Gasteiger partial charge is 0.461 e. The van der Waals surface area contributed by atoms with Crippen LogP contribution >= 0.6 is 0 Å². The first-order valence-electron chi connectivity index (χ1n) is 8.63. The maximum atomic E-state index is 13.9. The summed E-state index contributed by atoms with van der Waals surface area (Å²) in [6.45, 7) is 0.774. The number of halogens is 6. The van der Waals surface area contributed by atoms with Crippen LogP contribution in [-0.2, 0) is 15.7 Å². The van der Waals surface area contributed by atoms with Crippen molar-refractivity contribution in [1.29, 1.82) is 0 Å². The van der Waals surface area contributed by atoms with E-state index in [9.17, 15) is 35.9 Å². The van der Waals surface area contributed by atoms with Gasteiger partial charge >= 0.3 is 30.1 Å². The van der Waals surface area contributed by atoms with Crippen LogP contribution in [0.15, 0.2) is 54.6 Å². The monoisotopic (exact) mass is 450 g/mol. The SMILES string of the molecule is CCOC(=O)C(NC(=O)Nc1cccc(C(F)(F)F)c1)(Oc1ccccc1)C(F)(F)F. The molecule has 0 aliphatic rings. The number of hydrogen-bond acceptors (Lipinski definition) is 4. The van der Waals surface area contributed by atoms with Crippen molar-refractivity contribution in [2.45, 2.75) is 25.0 Å². The lowest BCUT2D eigenvalue weighted by molar-refractivity contribution is -0.259. The third kappa shape index (κ3) is 5.80. The second kappa shape index (κ2) is 9.14. The first-order valence-corrected chi connectivity index (χ1v) is 8.63. The first kappa shape index (κ1) is 23.8. The zero-order valence-corrected chi connectivity index (χ0v) is 15.8. The van der Waals surface area contributed by atoms with Crippen LogP contribution in [0.3, 0.4) is 0 Å². The van der Waals surface area contributed by atoms with Gasteiger partial charge in [-0.15, -0.1) is 0 Å². The number of ether oxygens (including phenoxy) is 2. The zero-order valence-electron chi connectivity index (χ0n) is 15.8. The van der Waals surface area contributed by atoms with E-state index in [2.05, 4.69) is 4.74 Å². The Bertz CT molecular complexity index is 918. The Morgan fingerprint density at radius 3 is 2.13 bits per heavy atom. The molecule has 2 aromatic rings. The number of rotatable bonds is 6. The molecule has 1 atom stereocenters. The van der Waals surface area contributed by atoms with Gasteiger partial charge in [0.15, 0.2) is 0 Å². The fourth-order valence-corrected chi connectivity index (χ4v) is 2.36. The maximum Gasteiger partial charge on any atom is 0.460 e. The second-order valence-corrected chi connectivity index (χ2v) is 5.97. The summed E-state index contributed by atoms with van der Waals surface area (Å²) in [5.41, 5.74) is -5.57. The van der Waals surface area contributed by atoms with E-state index in [-0.39, 0.29) is 0 Å². The molecule has 1 unspecified atom stereocenters. The fraction of sp³-hybridized carbons (Fsp3) is 0.263. The molecule has 6 nitrogen and oxygen atoms in total. The molecule has 0 saturated heterocycles. The molecule has 31 heavy (non-hydrogen) atoms. The Hall–Kier alpha value is -3.44. The summed E-state index contributed by atoms with van der Waals surface area (Å²) in [6, 6.07) is 7.86. The molecule has 2 N–H and O–H groups in total. The van der Waals surface area contributed by atoms with Gasteiger partial charge in [-0.2, -0.15) is 26.3 Å². The van der Waals surface area contributed by atoms with E-state index in [0.29, 0.717) is 12.1 Å². The Labute approximate surface area is 172 Å². The van der Waals surface area contributed by atoms with Gasteiger partial charge in [-0.1, -0.05) is 24.3 Å². The topological polar surface area (TPSA) is 76.7 Å². The summed E-state index contributed by atoms with van der Waals surface area (Å²) in [5, 5.41) is 3.18. The Morgan fingerprint density at radius 2 is 1.58 bits per heavy atom. The molecule has 2 rings (SSSR count). The van der Waals surface area contributed by atoms with Crippen LogP contribution in [0.5, 0.6) is 5.75 Å². The van der Waals surface area contributed by atoms with Crippen molar-refractivity contribution >= 4 is 17.7 Å². The van der Waals surface area contributed by atoms with Crippen molar-refractivity contribution in [2.24, 2.45) is 0 Å². The lowest BCUT2D eigenvalue weighted by atomic mass is 10.2. The minimum Gasteiger partial charge on any atom is -0.461 e. The van der Waals surface area contributed by atoms with Crippen LogP contribution in [0.1, 0.15) is 12.5 Å². The van der Waals surface area contributed by atoms with E-state index in [4.69, 9.17) is 4.74 Å². The fourth-order valence-electron chi connectivity index (χ4n) is 2.36. The lowest BCUT2D eigenvalue weighted by Crippen LogP contribution is -2.69. The average molecular weight is 450 g/mol. The highest BCUT2D eigenvalue weighted by atomic mass is 19.4. The molecule has 0 fully saturated rings. The molecular formula is C19H16F6N2O4. The van der Waals surface area contributed by atoms with Crippen LogP contribution in [0.25, 0.3) is 0 Å². The number of alkyl halides is 6. The normalized spacial score (nSPS) is 13.6. The van der Waals surface area contributed by atoms with Gasteiger partial charge < -0.3 is 14.8 Å². The molecule has 0 radical (unpaired) electrons. The van der Waals surface area contributed by atoms with Crippen molar-refractivity contribution < 1.29 is 45.4 Å². The second-order valence-electron chi connectivity index (χ2n) is 5.97. The standard InChI is InChI=1S/C19H16F6N2O4/c1-2-30-15(28)17(19(23,24)25,31-14-9-4-3-5-10-14)27-16(29)26-13-8-6-7-12(11-13)18(20,21)22/h3-11H,2H2,1H3,(H2,26,27,29). The van der Waals surface area contributed by atoms with Gasteiger partial charge in [-0.05, 0) is 37.3 Å². The zero-order chi connectivity index (χ0) is 23.3. The quantitative estimate of drug-likeness (QED) is 0.379. The third-order valence-corrected chi connectivity index (χ3v) is 3.71. The first-order chi connectivity index (χ1) is 14.4. The van der Waals surface area contributed by atoms with E-state index >= 15 is 0 Å². The molecule has 2 aromatic carbocycles. The van der Waals surface area contributed by atoms with E-state index < -0.39 is 53.7 Å². The van der Waals surface area contributed by atoms with Crippen molar-refractivity contribution in [2.75, 3.05) is 11.9 Å². The molecule has 12 heteroatoms. The van der Waals surface area contributed by atoms with E-state index in [1.807, 2.05) is 5.32 Å². The highest BCUT2D eigenvalue weighted by Crippen LogP contribution is 2.35. The van der Waals surface area contributed by atoms with Crippen LogP contribution in [-0.4, -0.2) is 30.5 Å². The van der Waals surface area contributed by atoms with Gasteiger partial charge in [0.25, 0.3) is 0 Å². The smallest absolute Gasteiger partial charge is 0.460 e. The minimum atomic E-state index is -5.50.